The van der Waals surface area contributed by atoms with Crippen LogP contribution < -0.4 is 10.6 Å². The van der Waals surface area contributed by atoms with Gasteiger partial charge in [-0.05, 0) is 26.3 Å². The SMILES string of the molecule is CCOC(=O)CC[C@@H](C(=O)OCC)N(C=O)c1ncc(N)cc1Cl. The van der Waals surface area contributed by atoms with Gasteiger partial charge in [-0.3, -0.25) is 14.5 Å². The summed E-state index contributed by atoms with van der Waals surface area (Å²) in [6.07, 6.45) is 1.68. The van der Waals surface area contributed by atoms with Crippen molar-refractivity contribution in [3.8, 4) is 0 Å². The van der Waals surface area contributed by atoms with Gasteiger partial charge in [0.1, 0.15) is 6.04 Å². The highest BCUT2D eigenvalue weighted by molar-refractivity contribution is 6.33. The molecule has 1 heterocycles. The zero-order valence-corrected chi connectivity index (χ0v) is 14.3. The van der Waals surface area contributed by atoms with Crippen LogP contribution in [-0.4, -0.2) is 42.6 Å². The van der Waals surface area contributed by atoms with Crippen LogP contribution in [-0.2, 0) is 23.9 Å². The van der Waals surface area contributed by atoms with Crippen molar-refractivity contribution in [1.29, 1.82) is 0 Å². The van der Waals surface area contributed by atoms with Gasteiger partial charge in [0.05, 0.1) is 30.1 Å². The lowest BCUT2D eigenvalue weighted by molar-refractivity contribution is -0.146. The van der Waals surface area contributed by atoms with Crippen molar-refractivity contribution in [2.45, 2.75) is 32.7 Å². The van der Waals surface area contributed by atoms with Gasteiger partial charge in [0.15, 0.2) is 5.82 Å². The minimum atomic E-state index is -1.06. The fraction of sp³-hybridized carbons (Fsp3) is 0.467. The molecule has 9 heteroatoms. The van der Waals surface area contributed by atoms with Crippen molar-refractivity contribution >= 4 is 41.5 Å². The van der Waals surface area contributed by atoms with E-state index in [1.54, 1.807) is 13.8 Å². The molecule has 0 aliphatic carbocycles. The summed E-state index contributed by atoms with van der Waals surface area (Å²) in [5.74, 6) is -1.08. The van der Waals surface area contributed by atoms with E-state index in [1.165, 1.54) is 12.3 Å². The predicted molar refractivity (Wildman–Crippen MR) is 88.5 cm³/mol. The van der Waals surface area contributed by atoms with E-state index >= 15 is 0 Å². The van der Waals surface area contributed by atoms with E-state index in [2.05, 4.69) is 4.98 Å². The summed E-state index contributed by atoms with van der Waals surface area (Å²) in [7, 11) is 0. The lowest BCUT2D eigenvalue weighted by atomic mass is 10.1. The Morgan fingerprint density at radius 2 is 2.04 bits per heavy atom. The van der Waals surface area contributed by atoms with Crippen molar-refractivity contribution in [3.63, 3.8) is 0 Å². The largest absolute Gasteiger partial charge is 0.466 e. The standard InChI is InChI=1S/C15H20ClN3O5/c1-3-23-13(21)6-5-12(15(22)24-4-2)19(9-20)14-11(16)7-10(17)8-18-14/h7-9,12H,3-6,17H2,1-2H3/t12-/m0/s1. The van der Waals surface area contributed by atoms with Gasteiger partial charge in [-0.1, -0.05) is 11.6 Å². The zero-order chi connectivity index (χ0) is 18.1. The van der Waals surface area contributed by atoms with Crippen molar-refractivity contribution in [1.82, 2.24) is 4.98 Å². The van der Waals surface area contributed by atoms with Crippen LogP contribution in [0.1, 0.15) is 26.7 Å². The number of amides is 1. The molecule has 0 aliphatic heterocycles. The fourth-order valence-corrected chi connectivity index (χ4v) is 2.28. The van der Waals surface area contributed by atoms with Crippen molar-refractivity contribution in [2.24, 2.45) is 0 Å². The molecule has 0 saturated heterocycles. The number of rotatable bonds is 9. The van der Waals surface area contributed by atoms with Gasteiger partial charge in [-0.15, -0.1) is 0 Å². The molecule has 132 valence electrons. The van der Waals surface area contributed by atoms with E-state index in [0.29, 0.717) is 12.1 Å². The Kier molecular flexibility index (Phi) is 7.97. The van der Waals surface area contributed by atoms with Gasteiger partial charge in [-0.2, -0.15) is 0 Å². The first kappa shape index (κ1) is 19.7. The van der Waals surface area contributed by atoms with Crippen LogP contribution in [0.5, 0.6) is 0 Å². The van der Waals surface area contributed by atoms with Gasteiger partial charge < -0.3 is 15.2 Å². The van der Waals surface area contributed by atoms with E-state index in [1.807, 2.05) is 0 Å². The number of hydrogen-bond donors (Lipinski definition) is 1. The molecule has 0 fully saturated rings. The molecule has 24 heavy (non-hydrogen) atoms. The molecule has 0 aliphatic rings. The monoisotopic (exact) mass is 357 g/mol. The summed E-state index contributed by atoms with van der Waals surface area (Å²) in [5.41, 5.74) is 5.89. The molecule has 1 atom stereocenters. The molecule has 0 bridgehead atoms. The molecule has 0 aromatic carbocycles. The molecular formula is C15H20ClN3O5. The number of nitrogens with two attached hydrogens (primary N) is 1. The van der Waals surface area contributed by atoms with Crippen LogP contribution in [0.25, 0.3) is 0 Å². The van der Waals surface area contributed by atoms with Gasteiger partial charge >= 0.3 is 11.9 Å². The second-order valence-corrected chi connectivity index (χ2v) is 5.11. The third-order valence-electron chi connectivity index (χ3n) is 3.02. The number of ether oxygens (including phenoxy) is 2. The Balaban J connectivity index is 3.06. The topological polar surface area (TPSA) is 112 Å². The summed E-state index contributed by atoms with van der Waals surface area (Å²) in [6.45, 7) is 3.67. The maximum absolute atomic E-state index is 12.2. The van der Waals surface area contributed by atoms with Crippen LogP contribution in [0.2, 0.25) is 5.02 Å². The van der Waals surface area contributed by atoms with Gasteiger partial charge in [0, 0.05) is 6.42 Å². The Hall–Kier alpha value is -2.35. The summed E-state index contributed by atoms with van der Waals surface area (Å²) in [5, 5.41) is 0.104. The average molecular weight is 358 g/mol. The minimum Gasteiger partial charge on any atom is -0.466 e. The van der Waals surface area contributed by atoms with Crippen LogP contribution in [0.4, 0.5) is 11.5 Å². The van der Waals surface area contributed by atoms with Crippen LogP contribution in [0.3, 0.4) is 0 Å². The second kappa shape index (κ2) is 9.71. The predicted octanol–water partition coefficient (Wildman–Crippen LogP) is 1.55. The molecule has 0 spiro atoms. The molecule has 1 rings (SSSR count). The summed E-state index contributed by atoms with van der Waals surface area (Å²) >= 11 is 6.05. The van der Waals surface area contributed by atoms with Crippen molar-refractivity contribution in [2.75, 3.05) is 23.8 Å². The van der Waals surface area contributed by atoms with Crippen LogP contribution in [0, 0.1) is 0 Å². The molecule has 0 unspecified atom stereocenters. The highest BCUT2D eigenvalue weighted by Crippen LogP contribution is 2.27. The molecule has 1 aromatic heterocycles. The summed E-state index contributed by atoms with van der Waals surface area (Å²) in [4.78, 5) is 40.3. The number of nitrogens with zero attached hydrogens (tertiary/aromatic N) is 2. The number of esters is 2. The molecule has 1 amide bonds. The van der Waals surface area contributed by atoms with E-state index in [9.17, 15) is 14.4 Å². The number of pyridine rings is 1. The molecule has 2 N–H and O–H groups in total. The van der Waals surface area contributed by atoms with E-state index < -0.39 is 18.0 Å². The van der Waals surface area contributed by atoms with Gasteiger partial charge in [0.2, 0.25) is 6.41 Å². The van der Waals surface area contributed by atoms with Gasteiger partial charge in [-0.25, -0.2) is 9.78 Å². The minimum absolute atomic E-state index is 0.0127. The normalized spacial score (nSPS) is 11.5. The molecular weight excluding hydrogens is 338 g/mol. The Labute approximate surface area is 144 Å². The van der Waals surface area contributed by atoms with Crippen molar-refractivity contribution < 1.29 is 23.9 Å². The molecule has 8 nitrogen and oxygen atoms in total. The van der Waals surface area contributed by atoms with E-state index in [-0.39, 0.29) is 36.9 Å². The van der Waals surface area contributed by atoms with Crippen LogP contribution in [0.15, 0.2) is 12.3 Å². The number of nitrogen functional groups attached to an aromatic ring is 1. The van der Waals surface area contributed by atoms with Gasteiger partial charge in [0.25, 0.3) is 0 Å². The Bertz CT molecular complexity index is 596. The number of carbonyl (C=O) groups is 3. The molecule has 0 saturated carbocycles. The first-order valence-electron chi connectivity index (χ1n) is 7.41. The zero-order valence-electron chi connectivity index (χ0n) is 13.5. The number of anilines is 2. The van der Waals surface area contributed by atoms with E-state index in [4.69, 9.17) is 26.8 Å². The summed E-state index contributed by atoms with van der Waals surface area (Å²) < 4.78 is 9.81. The highest BCUT2D eigenvalue weighted by atomic mass is 35.5. The number of aromatic nitrogens is 1. The first-order valence-corrected chi connectivity index (χ1v) is 7.79. The lowest BCUT2D eigenvalue weighted by Gasteiger charge is -2.26. The second-order valence-electron chi connectivity index (χ2n) is 4.70. The Morgan fingerprint density at radius 1 is 1.38 bits per heavy atom. The Morgan fingerprint density at radius 3 is 2.58 bits per heavy atom. The maximum Gasteiger partial charge on any atom is 0.329 e. The first-order chi connectivity index (χ1) is 11.4. The highest BCUT2D eigenvalue weighted by Gasteiger charge is 2.30. The number of carbonyl (C=O) groups excluding carboxylic acids is 3. The number of hydrogen-bond acceptors (Lipinski definition) is 7. The molecule has 0 radical (unpaired) electrons. The lowest BCUT2D eigenvalue weighted by Crippen LogP contribution is -2.42. The third-order valence-corrected chi connectivity index (χ3v) is 3.30. The quantitative estimate of drug-likeness (QED) is 0.527. The smallest absolute Gasteiger partial charge is 0.329 e. The number of halogens is 1. The summed E-state index contributed by atoms with van der Waals surface area (Å²) in [6, 6.07) is 0.356. The van der Waals surface area contributed by atoms with Crippen molar-refractivity contribution in [3.05, 3.63) is 17.3 Å². The molecule has 1 aromatic rings. The third kappa shape index (κ3) is 5.38. The average Bonchev–Trinajstić information content (AvgIpc) is 2.53. The maximum atomic E-state index is 12.2. The van der Waals surface area contributed by atoms with E-state index in [0.717, 1.165) is 4.90 Å². The van der Waals surface area contributed by atoms with Crippen LogP contribution >= 0.6 is 11.6 Å². The fourth-order valence-electron chi connectivity index (χ4n) is 2.00.